The molecule has 2 aromatic rings. The number of esters is 1. The van der Waals surface area contributed by atoms with Crippen molar-refractivity contribution in [2.24, 2.45) is 0 Å². The summed E-state index contributed by atoms with van der Waals surface area (Å²) in [6, 6.07) is 15.6. The summed E-state index contributed by atoms with van der Waals surface area (Å²) >= 11 is 0. The Balaban J connectivity index is 2.37. The van der Waals surface area contributed by atoms with Gasteiger partial charge in [0, 0.05) is 0 Å². The monoisotopic (exact) mass is 427 g/mol. The number of hydrogen-bond donors (Lipinski definition) is 1. The maximum Gasteiger partial charge on any atom is 0.412 e. The molecule has 2 aromatic carbocycles. The molecule has 2 rings (SSSR count). The number of benzene rings is 2. The third-order valence-corrected chi connectivity index (χ3v) is 5.87. The van der Waals surface area contributed by atoms with Gasteiger partial charge in [-0.15, -0.1) is 0 Å². The first-order chi connectivity index (χ1) is 13.5. The minimum atomic E-state index is -4.90. The molecule has 1 N–H and O–H groups in total. The van der Waals surface area contributed by atoms with Crippen LogP contribution < -0.4 is 4.72 Å². The molecule has 0 saturated carbocycles. The van der Waals surface area contributed by atoms with Crippen molar-refractivity contribution in [3.63, 3.8) is 0 Å². The minimum Gasteiger partial charge on any atom is -0.461 e. The molecule has 2 atom stereocenters. The van der Waals surface area contributed by atoms with Gasteiger partial charge in [0.1, 0.15) is 6.61 Å². The van der Waals surface area contributed by atoms with E-state index in [-0.39, 0.29) is 12.2 Å². The Bertz CT molecular complexity index is 836. The molecule has 0 unspecified atom stereocenters. The van der Waals surface area contributed by atoms with E-state index in [0.29, 0.717) is 5.56 Å². The van der Waals surface area contributed by atoms with Gasteiger partial charge in [0.05, 0.1) is 22.2 Å². The number of hydrogen-bond acceptors (Lipinski definition) is 3. The average molecular weight is 427 g/mol. The molecule has 0 aliphatic rings. The van der Waals surface area contributed by atoms with Gasteiger partial charge >= 0.3 is 12.1 Å². The van der Waals surface area contributed by atoms with Crippen molar-refractivity contribution >= 4 is 17.0 Å². The fraction of sp³-hybridized carbons (Fsp3) is 0.381. The quantitative estimate of drug-likeness (QED) is 0.656. The van der Waals surface area contributed by atoms with E-state index in [0.717, 1.165) is 0 Å². The molecule has 0 heterocycles. The summed E-state index contributed by atoms with van der Waals surface area (Å²) in [7, 11) is -2.09. The summed E-state index contributed by atoms with van der Waals surface area (Å²) < 4.78 is 61.9. The number of carbonyl (C=O) groups is 1. The lowest BCUT2D eigenvalue weighted by atomic mass is 9.87. The maximum absolute atomic E-state index is 14.3. The number of alkyl halides is 3. The predicted octanol–water partition coefficient (Wildman–Crippen LogP) is 4.63. The zero-order valence-electron chi connectivity index (χ0n) is 16.5. The second kappa shape index (κ2) is 9.09. The first-order valence-corrected chi connectivity index (χ1v) is 10.1. The lowest BCUT2D eigenvalue weighted by Crippen LogP contribution is -2.58. The van der Waals surface area contributed by atoms with E-state index in [2.05, 4.69) is 4.72 Å². The normalized spacial score (nSPS) is 15.4. The Morgan fingerprint density at radius 2 is 1.48 bits per heavy atom. The zero-order chi connectivity index (χ0) is 21.7. The molecule has 0 aliphatic carbocycles. The second-order valence-corrected chi connectivity index (χ2v) is 9.54. The Kier molecular flexibility index (Phi) is 7.24. The fourth-order valence-corrected chi connectivity index (χ4v) is 3.49. The van der Waals surface area contributed by atoms with Crippen molar-refractivity contribution in [2.45, 2.75) is 50.3 Å². The molecule has 0 radical (unpaired) electrons. The molecule has 0 fully saturated rings. The average Bonchev–Trinajstić information content (AvgIpc) is 2.65. The van der Waals surface area contributed by atoms with Gasteiger partial charge in [0.25, 0.3) is 0 Å². The fourth-order valence-electron chi connectivity index (χ4n) is 2.56. The van der Waals surface area contributed by atoms with E-state index in [1.807, 2.05) is 0 Å². The summed E-state index contributed by atoms with van der Waals surface area (Å²) in [5, 5.41) is 0. The maximum atomic E-state index is 14.3. The molecule has 0 bridgehead atoms. The third-order valence-electron chi connectivity index (χ3n) is 4.23. The van der Waals surface area contributed by atoms with Crippen LogP contribution in [0.4, 0.5) is 13.2 Å². The van der Waals surface area contributed by atoms with Gasteiger partial charge in [-0.25, -0.2) is 8.93 Å². The number of carbonyl (C=O) groups excluding carboxylic acids is 1. The lowest BCUT2D eigenvalue weighted by Gasteiger charge is -2.37. The zero-order valence-corrected chi connectivity index (χ0v) is 17.3. The smallest absolute Gasteiger partial charge is 0.412 e. The molecule has 0 aliphatic heterocycles. The topological polar surface area (TPSA) is 55.4 Å². The van der Waals surface area contributed by atoms with Gasteiger partial charge < -0.3 is 4.74 Å². The predicted molar refractivity (Wildman–Crippen MR) is 106 cm³/mol. The number of ether oxygens (including phenoxy) is 1. The molecular weight excluding hydrogens is 403 g/mol. The third kappa shape index (κ3) is 5.90. The molecule has 0 saturated heterocycles. The van der Waals surface area contributed by atoms with Crippen molar-refractivity contribution in [3.05, 3.63) is 71.8 Å². The summed E-state index contributed by atoms with van der Waals surface area (Å²) in [4.78, 5) is 12.4. The van der Waals surface area contributed by atoms with Crippen LogP contribution in [0.5, 0.6) is 0 Å². The van der Waals surface area contributed by atoms with Gasteiger partial charge in [-0.2, -0.15) is 13.2 Å². The van der Waals surface area contributed by atoms with Crippen LogP contribution in [0.15, 0.2) is 60.7 Å². The summed E-state index contributed by atoms with van der Waals surface area (Å²) in [6.07, 6.45) is -5.95. The Morgan fingerprint density at radius 1 is 0.966 bits per heavy atom. The van der Waals surface area contributed by atoms with E-state index >= 15 is 0 Å². The van der Waals surface area contributed by atoms with Gasteiger partial charge in [-0.3, -0.25) is 4.79 Å². The highest BCUT2D eigenvalue weighted by atomic mass is 32.2. The first kappa shape index (κ1) is 23.1. The van der Waals surface area contributed by atoms with Crippen LogP contribution in [0.1, 0.15) is 38.3 Å². The van der Waals surface area contributed by atoms with Gasteiger partial charge in [0.15, 0.2) is 5.54 Å². The van der Waals surface area contributed by atoms with E-state index in [9.17, 15) is 22.2 Å². The standard InChI is InChI=1S/C21H24F3NO3S/c1-19(2,3)29(27)25-20(21(22,23)24,17-12-8-5-9-13-17)14-18(26)28-15-16-10-6-4-7-11-16/h4-13,25H,14-15H2,1-3H3/t20-,29-/m0/s1. The molecule has 4 nitrogen and oxygen atoms in total. The van der Waals surface area contributed by atoms with E-state index < -0.39 is 39.8 Å². The Hall–Kier alpha value is -2.19. The van der Waals surface area contributed by atoms with E-state index in [1.54, 1.807) is 57.2 Å². The number of halogens is 3. The van der Waals surface area contributed by atoms with Gasteiger partial charge in [-0.05, 0) is 31.9 Å². The Morgan fingerprint density at radius 3 is 1.97 bits per heavy atom. The highest BCUT2D eigenvalue weighted by molar-refractivity contribution is 7.84. The van der Waals surface area contributed by atoms with Crippen LogP contribution in [0, 0.1) is 0 Å². The summed E-state index contributed by atoms with van der Waals surface area (Å²) in [5.74, 6) is -1.05. The summed E-state index contributed by atoms with van der Waals surface area (Å²) in [6.45, 7) is 4.51. The van der Waals surface area contributed by atoms with Crippen LogP contribution in [0.3, 0.4) is 0 Å². The SMILES string of the molecule is CC(C)(C)[S@](=O)N[C@@](CC(=O)OCc1ccccc1)(c1ccccc1)C(F)(F)F. The van der Waals surface area contributed by atoms with Crippen LogP contribution in [-0.4, -0.2) is 21.1 Å². The Labute approximate surface area is 171 Å². The van der Waals surface area contributed by atoms with Crippen molar-refractivity contribution < 1.29 is 26.9 Å². The van der Waals surface area contributed by atoms with Crippen molar-refractivity contribution in [1.29, 1.82) is 0 Å². The van der Waals surface area contributed by atoms with E-state index in [1.165, 1.54) is 24.3 Å². The molecule has 158 valence electrons. The largest absolute Gasteiger partial charge is 0.461 e. The van der Waals surface area contributed by atoms with Crippen LogP contribution in [-0.2, 0) is 32.7 Å². The minimum absolute atomic E-state index is 0.148. The van der Waals surface area contributed by atoms with Crippen LogP contribution in [0.25, 0.3) is 0 Å². The molecule has 0 amide bonds. The van der Waals surface area contributed by atoms with Crippen molar-refractivity contribution in [1.82, 2.24) is 4.72 Å². The van der Waals surface area contributed by atoms with E-state index in [4.69, 9.17) is 4.74 Å². The van der Waals surface area contributed by atoms with Crippen molar-refractivity contribution in [3.8, 4) is 0 Å². The number of rotatable bonds is 7. The molecule has 0 spiro atoms. The lowest BCUT2D eigenvalue weighted by molar-refractivity contribution is -0.202. The van der Waals surface area contributed by atoms with Crippen LogP contribution >= 0.6 is 0 Å². The first-order valence-electron chi connectivity index (χ1n) is 8.97. The summed E-state index contributed by atoms with van der Waals surface area (Å²) in [5.41, 5.74) is -2.40. The molecule has 8 heteroatoms. The highest BCUT2D eigenvalue weighted by Crippen LogP contribution is 2.43. The van der Waals surface area contributed by atoms with Crippen molar-refractivity contribution in [2.75, 3.05) is 0 Å². The van der Waals surface area contributed by atoms with Gasteiger partial charge in [-0.1, -0.05) is 60.7 Å². The highest BCUT2D eigenvalue weighted by Gasteiger charge is 2.59. The molecule has 29 heavy (non-hydrogen) atoms. The molecule has 0 aromatic heterocycles. The number of nitrogens with one attached hydrogen (secondary N) is 1. The molecular formula is C21H24F3NO3S. The second-order valence-electron chi connectivity index (χ2n) is 7.58. The van der Waals surface area contributed by atoms with Gasteiger partial charge in [0.2, 0.25) is 0 Å². The van der Waals surface area contributed by atoms with Crippen LogP contribution in [0.2, 0.25) is 0 Å².